The van der Waals surface area contributed by atoms with Crippen LogP contribution in [0, 0.1) is 13.8 Å². The van der Waals surface area contributed by atoms with E-state index in [4.69, 9.17) is 9.63 Å². The highest BCUT2D eigenvalue weighted by Crippen LogP contribution is 2.23. The molecule has 0 amide bonds. The first-order valence-corrected chi connectivity index (χ1v) is 5.28. The molecule has 0 saturated carbocycles. The highest BCUT2D eigenvalue weighted by Gasteiger charge is 2.27. The van der Waals surface area contributed by atoms with E-state index < -0.39 is 23.8 Å². The van der Waals surface area contributed by atoms with Gasteiger partial charge in [-0.25, -0.2) is 18.3 Å². The summed E-state index contributed by atoms with van der Waals surface area (Å²) in [7, 11) is 0. The molecule has 19 heavy (non-hydrogen) atoms. The monoisotopic (exact) mass is 272 g/mol. The van der Waals surface area contributed by atoms with E-state index in [0.29, 0.717) is 17.0 Å². The topological polar surface area (TPSA) is 94.0 Å². The number of aromatic nitrogens is 4. The number of alkyl halides is 2. The molecule has 1 N–H and O–H groups in total. The maximum absolute atomic E-state index is 12.9. The van der Waals surface area contributed by atoms with Crippen LogP contribution < -0.4 is 0 Å². The van der Waals surface area contributed by atoms with Crippen molar-refractivity contribution in [3.8, 4) is 0 Å². The summed E-state index contributed by atoms with van der Waals surface area (Å²) < 4.78 is 31.6. The maximum Gasteiger partial charge on any atom is 0.358 e. The fourth-order valence-electron chi connectivity index (χ4n) is 1.68. The van der Waals surface area contributed by atoms with Crippen molar-refractivity contribution in [2.75, 3.05) is 0 Å². The predicted molar refractivity (Wildman–Crippen MR) is 57.0 cm³/mol. The third-order valence-corrected chi connectivity index (χ3v) is 2.67. The van der Waals surface area contributed by atoms with Gasteiger partial charge in [0, 0.05) is 5.56 Å². The lowest BCUT2D eigenvalue weighted by Crippen LogP contribution is -2.10. The van der Waals surface area contributed by atoms with E-state index >= 15 is 0 Å². The van der Waals surface area contributed by atoms with E-state index in [2.05, 4.69) is 15.5 Å². The van der Waals surface area contributed by atoms with Crippen molar-refractivity contribution in [3.63, 3.8) is 0 Å². The zero-order valence-electron chi connectivity index (χ0n) is 10.1. The van der Waals surface area contributed by atoms with Crippen LogP contribution >= 0.6 is 0 Å². The van der Waals surface area contributed by atoms with E-state index in [1.807, 2.05) is 0 Å². The highest BCUT2D eigenvalue weighted by atomic mass is 19.3. The lowest BCUT2D eigenvalue weighted by atomic mass is 10.2. The van der Waals surface area contributed by atoms with Gasteiger partial charge in [-0.3, -0.25) is 0 Å². The van der Waals surface area contributed by atoms with Crippen LogP contribution in [-0.4, -0.2) is 31.2 Å². The van der Waals surface area contributed by atoms with E-state index in [0.717, 1.165) is 4.68 Å². The van der Waals surface area contributed by atoms with Crippen molar-refractivity contribution in [2.24, 2.45) is 0 Å². The third kappa shape index (κ3) is 2.30. The summed E-state index contributed by atoms with van der Waals surface area (Å²) in [6.45, 7) is 3.22. The van der Waals surface area contributed by atoms with Gasteiger partial charge in [0.15, 0.2) is 5.69 Å². The summed E-state index contributed by atoms with van der Waals surface area (Å²) in [5.41, 5.74) is -0.372. The number of carbonyl (C=O) groups is 1. The van der Waals surface area contributed by atoms with E-state index in [1.165, 1.54) is 0 Å². The van der Waals surface area contributed by atoms with Gasteiger partial charge in [0.25, 0.3) is 6.43 Å². The molecule has 0 fully saturated rings. The number of aromatic carboxylic acids is 1. The summed E-state index contributed by atoms with van der Waals surface area (Å²) in [4.78, 5) is 10.8. The first-order valence-electron chi connectivity index (χ1n) is 5.28. The Hall–Kier alpha value is -2.32. The third-order valence-electron chi connectivity index (χ3n) is 2.67. The first-order chi connectivity index (χ1) is 8.91. The summed E-state index contributed by atoms with van der Waals surface area (Å²) >= 11 is 0. The van der Waals surface area contributed by atoms with Gasteiger partial charge in [-0.05, 0) is 13.8 Å². The second-order valence-corrected chi connectivity index (χ2v) is 3.89. The van der Waals surface area contributed by atoms with Crippen molar-refractivity contribution >= 4 is 5.97 Å². The summed E-state index contributed by atoms with van der Waals surface area (Å²) in [6, 6.07) is 0. The van der Waals surface area contributed by atoms with Crippen LogP contribution in [0.2, 0.25) is 0 Å². The molecule has 0 aliphatic carbocycles. The van der Waals surface area contributed by atoms with Crippen LogP contribution in [0.1, 0.15) is 39.6 Å². The minimum absolute atomic E-state index is 0.0683. The molecule has 0 aromatic carbocycles. The summed E-state index contributed by atoms with van der Waals surface area (Å²) in [5.74, 6) is -1.08. The minimum atomic E-state index is -2.98. The van der Waals surface area contributed by atoms with Gasteiger partial charge in [0.2, 0.25) is 0 Å². The van der Waals surface area contributed by atoms with Crippen LogP contribution in [-0.2, 0) is 6.54 Å². The first kappa shape index (κ1) is 13.1. The normalized spacial score (nSPS) is 11.2. The van der Waals surface area contributed by atoms with Crippen molar-refractivity contribution < 1.29 is 23.2 Å². The molecule has 0 aliphatic rings. The second kappa shape index (κ2) is 4.75. The molecule has 0 spiro atoms. The van der Waals surface area contributed by atoms with E-state index in [9.17, 15) is 13.6 Å². The van der Waals surface area contributed by atoms with Gasteiger partial charge in [0.1, 0.15) is 11.5 Å². The SMILES string of the molecule is Cc1noc(C)c1Cn1nnc(C(=O)O)c1C(F)F. The van der Waals surface area contributed by atoms with Gasteiger partial charge in [-0.1, -0.05) is 10.4 Å². The fraction of sp³-hybridized carbons (Fsp3) is 0.400. The Labute approximate surface area is 105 Å². The van der Waals surface area contributed by atoms with Gasteiger partial charge in [-0.15, -0.1) is 5.10 Å². The second-order valence-electron chi connectivity index (χ2n) is 3.89. The molecular weight excluding hydrogens is 262 g/mol. The molecule has 7 nitrogen and oxygen atoms in total. The van der Waals surface area contributed by atoms with Crippen molar-refractivity contribution in [1.29, 1.82) is 0 Å². The Bertz CT molecular complexity index is 601. The fourth-order valence-corrected chi connectivity index (χ4v) is 1.68. The molecule has 0 bridgehead atoms. The number of hydrogen-bond acceptors (Lipinski definition) is 5. The summed E-state index contributed by atoms with van der Waals surface area (Å²) in [6.07, 6.45) is -2.98. The molecule has 0 saturated heterocycles. The molecule has 2 aromatic heterocycles. The number of hydrogen-bond donors (Lipinski definition) is 1. The van der Waals surface area contributed by atoms with E-state index in [-0.39, 0.29) is 6.54 Å². The molecule has 2 heterocycles. The van der Waals surface area contributed by atoms with E-state index in [1.54, 1.807) is 13.8 Å². The lowest BCUT2D eigenvalue weighted by Gasteiger charge is -2.05. The Morgan fingerprint density at radius 2 is 2.16 bits per heavy atom. The number of halogens is 2. The summed E-state index contributed by atoms with van der Waals surface area (Å²) in [5, 5.41) is 19.2. The minimum Gasteiger partial charge on any atom is -0.476 e. The largest absolute Gasteiger partial charge is 0.476 e. The number of nitrogens with zero attached hydrogens (tertiary/aromatic N) is 4. The van der Waals surface area contributed by atoms with Gasteiger partial charge >= 0.3 is 5.97 Å². The standard InChI is InChI=1S/C10H10F2N4O3/c1-4-6(5(2)19-14-4)3-16-8(9(11)12)7(10(17)18)13-15-16/h9H,3H2,1-2H3,(H,17,18). The molecule has 102 valence electrons. The molecule has 0 unspecified atom stereocenters. The lowest BCUT2D eigenvalue weighted by molar-refractivity contribution is 0.0675. The van der Waals surface area contributed by atoms with Crippen LogP contribution in [0.15, 0.2) is 4.52 Å². The smallest absolute Gasteiger partial charge is 0.358 e. The van der Waals surface area contributed by atoms with Crippen LogP contribution in [0.5, 0.6) is 0 Å². The zero-order chi connectivity index (χ0) is 14.2. The van der Waals surface area contributed by atoms with Gasteiger partial charge < -0.3 is 9.63 Å². The van der Waals surface area contributed by atoms with Crippen LogP contribution in [0.3, 0.4) is 0 Å². The molecule has 2 rings (SSSR count). The Morgan fingerprint density at radius 3 is 2.63 bits per heavy atom. The quantitative estimate of drug-likeness (QED) is 0.907. The maximum atomic E-state index is 12.9. The highest BCUT2D eigenvalue weighted by molar-refractivity contribution is 5.86. The molecule has 9 heteroatoms. The zero-order valence-corrected chi connectivity index (χ0v) is 10.1. The molecular formula is C10H10F2N4O3. The molecule has 0 aliphatic heterocycles. The van der Waals surface area contributed by atoms with Crippen molar-refractivity contribution in [2.45, 2.75) is 26.8 Å². The predicted octanol–water partition coefficient (Wildman–Crippen LogP) is 1.57. The number of carboxylic acids is 1. The van der Waals surface area contributed by atoms with Crippen LogP contribution in [0.25, 0.3) is 0 Å². The average Bonchev–Trinajstić information content (AvgIpc) is 2.88. The van der Waals surface area contributed by atoms with Crippen molar-refractivity contribution in [1.82, 2.24) is 20.2 Å². The Kier molecular flexibility index (Phi) is 3.28. The molecule has 0 radical (unpaired) electrons. The Balaban J connectivity index is 2.44. The molecule has 2 aromatic rings. The Morgan fingerprint density at radius 1 is 1.47 bits per heavy atom. The van der Waals surface area contributed by atoms with Crippen molar-refractivity contribution in [3.05, 3.63) is 28.4 Å². The number of rotatable bonds is 4. The molecule has 0 atom stereocenters. The number of aryl methyl sites for hydroxylation is 2. The van der Waals surface area contributed by atoms with Gasteiger partial charge in [-0.2, -0.15) is 0 Å². The van der Waals surface area contributed by atoms with Crippen LogP contribution in [0.4, 0.5) is 8.78 Å². The average molecular weight is 272 g/mol. The van der Waals surface area contributed by atoms with Gasteiger partial charge in [0.05, 0.1) is 12.2 Å². The number of carboxylic acid groups (broad SMARTS) is 1.